The molecule has 1 aromatic rings. The summed E-state index contributed by atoms with van der Waals surface area (Å²) in [5.41, 5.74) is 0.908. The largest absolute Gasteiger partial charge is 0.479 e. The van der Waals surface area contributed by atoms with Gasteiger partial charge in [0.1, 0.15) is 0 Å². The van der Waals surface area contributed by atoms with Crippen molar-refractivity contribution in [3.8, 4) is 0 Å². The summed E-state index contributed by atoms with van der Waals surface area (Å²) in [6, 6.07) is 5.97. The van der Waals surface area contributed by atoms with Crippen LogP contribution in [-0.4, -0.2) is 25.6 Å². The van der Waals surface area contributed by atoms with Crippen molar-refractivity contribution in [1.82, 2.24) is 0 Å². The minimum Gasteiger partial charge on any atom is -0.479 e. The highest BCUT2D eigenvalue weighted by atomic mass is 32.2. The molecule has 0 saturated heterocycles. The van der Waals surface area contributed by atoms with Gasteiger partial charge in [0.2, 0.25) is 0 Å². The van der Waals surface area contributed by atoms with Gasteiger partial charge >= 0.3 is 5.97 Å². The van der Waals surface area contributed by atoms with Crippen LogP contribution in [0.15, 0.2) is 29.2 Å². The molecule has 0 fully saturated rings. The third-order valence-electron chi connectivity index (χ3n) is 1.93. The van der Waals surface area contributed by atoms with Gasteiger partial charge in [-0.25, -0.2) is 4.79 Å². The molecule has 0 bridgehead atoms. The molecule has 5 nitrogen and oxygen atoms in total. The SMILES string of the molecule is Cc1ccc(S(=O)(=O)O[C@@H](C)C(=O)O)cc1. The minimum absolute atomic E-state index is 0.0498. The Bertz CT molecular complexity index is 474. The van der Waals surface area contributed by atoms with Gasteiger partial charge in [0, 0.05) is 0 Å². The molecule has 1 N–H and O–H groups in total. The molecule has 0 aliphatic carbocycles. The number of aliphatic carboxylic acids is 1. The van der Waals surface area contributed by atoms with Gasteiger partial charge in [-0.05, 0) is 26.0 Å². The van der Waals surface area contributed by atoms with Crippen LogP contribution in [0.3, 0.4) is 0 Å². The highest BCUT2D eigenvalue weighted by Crippen LogP contribution is 2.14. The van der Waals surface area contributed by atoms with Crippen LogP contribution in [0.5, 0.6) is 0 Å². The average molecular weight is 244 g/mol. The summed E-state index contributed by atoms with van der Waals surface area (Å²) in [4.78, 5) is 10.4. The second-order valence-corrected chi connectivity index (χ2v) is 4.92. The fourth-order valence-electron chi connectivity index (χ4n) is 0.992. The molecule has 0 unspecified atom stereocenters. The Balaban J connectivity index is 2.94. The summed E-state index contributed by atoms with van der Waals surface area (Å²) in [5.74, 6) is -1.32. The normalized spacial score (nSPS) is 13.4. The van der Waals surface area contributed by atoms with Gasteiger partial charge in [-0.2, -0.15) is 8.42 Å². The third-order valence-corrected chi connectivity index (χ3v) is 3.32. The van der Waals surface area contributed by atoms with Crippen LogP contribution in [0.4, 0.5) is 0 Å². The van der Waals surface area contributed by atoms with Gasteiger partial charge in [0.25, 0.3) is 10.1 Å². The average Bonchev–Trinajstić information content (AvgIpc) is 2.17. The van der Waals surface area contributed by atoms with E-state index in [0.717, 1.165) is 12.5 Å². The van der Waals surface area contributed by atoms with E-state index in [-0.39, 0.29) is 4.90 Å². The number of rotatable bonds is 4. The molecule has 16 heavy (non-hydrogen) atoms. The van der Waals surface area contributed by atoms with Gasteiger partial charge in [0.05, 0.1) is 4.90 Å². The first kappa shape index (κ1) is 12.7. The Morgan fingerprint density at radius 1 is 1.31 bits per heavy atom. The summed E-state index contributed by atoms with van der Waals surface area (Å²) < 4.78 is 27.6. The van der Waals surface area contributed by atoms with Gasteiger partial charge in [-0.1, -0.05) is 17.7 Å². The van der Waals surface area contributed by atoms with Crippen molar-refractivity contribution in [2.45, 2.75) is 24.8 Å². The molecular weight excluding hydrogens is 232 g/mol. The molecule has 0 aromatic heterocycles. The fourth-order valence-corrected chi connectivity index (χ4v) is 2.03. The smallest absolute Gasteiger partial charge is 0.334 e. The van der Waals surface area contributed by atoms with Gasteiger partial charge in [0.15, 0.2) is 6.10 Å². The highest BCUT2D eigenvalue weighted by Gasteiger charge is 2.22. The number of hydrogen-bond acceptors (Lipinski definition) is 4. The zero-order valence-corrected chi connectivity index (χ0v) is 9.69. The fraction of sp³-hybridized carbons (Fsp3) is 0.300. The molecule has 1 aromatic carbocycles. The quantitative estimate of drug-likeness (QED) is 0.804. The van der Waals surface area contributed by atoms with E-state index in [4.69, 9.17) is 5.11 Å². The summed E-state index contributed by atoms with van der Waals surface area (Å²) >= 11 is 0. The Morgan fingerprint density at radius 2 is 1.81 bits per heavy atom. The first-order chi connectivity index (χ1) is 7.33. The third kappa shape index (κ3) is 3.04. The maximum atomic E-state index is 11.6. The molecule has 1 atom stereocenters. The van der Waals surface area contributed by atoms with Crippen LogP contribution in [0, 0.1) is 6.92 Å². The Kier molecular flexibility index (Phi) is 3.66. The van der Waals surface area contributed by atoms with E-state index in [0.29, 0.717) is 0 Å². The molecule has 0 spiro atoms. The first-order valence-corrected chi connectivity index (χ1v) is 5.96. The van der Waals surface area contributed by atoms with E-state index >= 15 is 0 Å². The second-order valence-electron chi connectivity index (χ2n) is 3.34. The van der Waals surface area contributed by atoms with E-state index in [1.54, 1.807) is 12.1 Å². The lowest BCUT2D eigenvalue weighted by molar-refractivity contribution is -0.144. The Morgan fingerprint density at radius 3 is 2.25 bits per heavy atom. The lowest BCUT2D eigenvalue weighted by atomic mass is 10.2. The van der Waals surface area contributed by atoms with E-state index in [2.05, 4.69) is 4.18 Å². The van der Waals surface area contributed by atoms with Crippen molar-refractivity contribution < 1.29 is 22.5 Å². The van der Waals surface area contributed by atoms with Crippen molar-refractivity contribution in [2.24, 2.45) is 0 Å². The van der Waals surface area contributed by atoms with Crippen molar-refractivity contribution in [1.29, 1.82) is 0 Å². The maximum Gasteiger partial charge on any atom is 0.334 e. The molecule has 0 amide bonds. The summed E-state index contributed by atoms with van der Waals surface area (Å²) in [5, 5.41) is 8.55. The molecule has 0 aliphatic heterocycles. The predicted molar refractivity (Wildman–Crippen MR) is 56.5 cm³/mol. The second kappa shape index (κ2) is 4.63. The minimum atomic E-state index is -4.00. The molecule has 6 heteroatoms. The Hall–Kier alpha value is -1.40. The number of benzene rings is 1. The molecule has 1 rings (SSSR count). The molecule has 0 radical (unpaired) electrons. The van der Waals surface area contributed by atoms with E-state index in [1.807, 2.05) is 6.92 Å². The zero-order valence-electron chi connectivity index (χ0n) is 8.88. The van der Waals surface area contributed by atoms with E-state index in [9.17, 15) is 13.2 Å². The Labute approximate surface area is 93.8 Å². The number of aryl methyl sites for hydroxylation is 1. The molecule has 88 valence electrons. The number of hydrogen-bond donors (Lipinski definition) is 1. The van der Waals surface area contributed by atoms with Crippen molar-refractivity contribution in [3.63, 3.8) is 0 Å². The monoisotopic (exact) mass is 244 g/mol. The van der Waals surface area contributed by atoms with Crippen LogP contribution >= 0.6 is 0 Å². The lowest BCUT2D eigenvalue weighted by Gasteiger charge is -2.08. The van der Waals surface area contributed by atoms with Crippen molar-refractivity contribution >= 4 is 16.1 Å². The predicted octanol–water partition coefficient (Wildman–Crippen LogP) is 1.17. The molecule has 0 heterocycles. The van der Waals surface area contributed by atoms with Crippen LogP contribution in [0.1, 0.15) is 12.5 Å². The van der Waals surface area contributed by atoms with E-state index < -0.39 is 22.2 Å². The van der Waals surface area contributed by atoms with Gasteiger partial charge in [-0.3, -0.25) is 4.18 Å². The highest BCUT2D eigenvalue weighted by molar-refractivity contribution is 7.86. The topological polar surface area (TPSA) is 80.7 Å². The van der Waals surface area contributed by atoms with Crippen molar-refractivity contribution in [3.05, 3.63) is 29.8 Å². The zero-order chi connectivity index (χ0) is 12.3. The van der Waals surface area contributed by atoms with Crippen LogP contribution < -0.4 is 0 Å². The van der Waals surface area contributed by atoms with Gasteiger partial charge in [-0.15, -0.1) is 0 Å². The number of carboxylic acid groups (broad SMARTS) is 1. The van der Waals surface area contributed by atoms with E-state index in [1.165, 1.54) is 12.1 Å². The van der Waals surface area contributed by atoms with Crippen LogP contribution in [0.25, 0.3) is 0 Å². The molecule has 0 saturated carbocycles. The molecule has 0 aliphatic rings. The lowest BCUT2D eigenvalue weighted by Crippen LogP contribution is -2.23. The number of carbonyl (C=O) groups is 1. The summed E-state index contributed by atoms with van der Waals surface area (Å²) in [6.07, 6.45) is -1.40. The standard InChI is InChI=1S/C10H12O5S/c1-7-3-5-9(6-4-7)16(13,14)15-8(2)10(11)12/h3-6,8H,1-2H3,(H,11,12)/t8-/m0/s1. The summed E-state index contributed by atoms with van der Waals surface area (Å²) in [6.45, 7) is 2.98. The van der Waals surface area contributed by atoms with Crippen LogP contribution in [-0.2, 0) is 19.1 Å². The number of carboxylic acids is 1. The summed E-state index contributed by atoms with van der Waals surface area (Å²) in [7, 11) is -4.00. The first-order valence-electron chi connectivity index (χ1n) is 4.55. The van der Waals surface area contributed by atoms with Crippen molar-refractivity contribution in [2.75, 3.05) is 0 Å². The maximum absolute atomic E-state index is 11.6. The van der Waals surface area contributed by atoms with Gasteiger partial charge < -0.3 is 5.11 Å². The van der Waals surface area contributed by atoms with Crippen LogP contribution in [0.2, 0.25) is 0 Å². The molecular formula is C10H12O5S.